The monoisotopic (exact) mass is 560 g/mol. The van der Waals surface area contributed by atoms with Gasteiger partial charge in [0.1, 0.15) is 12.4 Å². The quantitative estimate of drug-likeness (QED) is 0.0613. The van der Waals surface area contributed by atoms with Crippen molar-refractivity contribution in [1.82, 2.24) is 4.57 Å². The Kier molecular flexibility index (Phi) is 27.6. The first kappa shape index (κ1) is 37.2. The second kappa shape index (κ2) is 29.7. The van der Waals surface area contributed by atoms with Gasteiger partial charge in [0.2, 0.25) is 0 Å². The highest BCUT2D eigenvalue weighted by molar-refractivity contribution is 4.84. The third-order valence-electron chi connectivity index (χ3n) is 9.10. The van der Waals surface area contributed by atoms with Gasteiger partial charge in [0.25, 0.3) is 5.82 Å². The van der Waals surface area contributed by atoms with Crippen LogP contribution in [-0.2, 0) is 19.5 Å². The summed E-state index contributed by atoms with van der Waals surface area (Å²) in [6.45, 7) is 9.39. The molecule has 2 heteroatoms. The van der Waals surface area contributed by atoms with Crippen LogP contribution >= 0.6 is 0 Å². The molecule has 0 bridgehead atoms. The molecule has 0 aliphatic rings. The summed E-state index contributed by atoms with van der Waals surface area (Å²) in [7, 11) is 0. The van der Waals surface area contributed by atoms with Gasteiger partial charge < -0.3 is 0 Å². The molecule has 0 N–H and O–H groups in total. The Morgan fingerprint density at radius 3 is 1.20 bits per heavy atom. The molecule has 0 spiro atoms. The molecule has 0 amide bonds. The fourth-order valence-electron chi connectivity index (χ4n) is 6.33. The summed E-state index contributed by atoms with van der Waals surface area (Å²) in [5.74, 6) is 1.62. The van der Waals surface area contributed by atoms with Crippen LogP contribution in [0.5, 0.6) is 0 Å². The van der Waals surface area contributed by atoms with Crippen LogP contribution in [0.1, 0.15) is 213 Å². The van der Waals surface area contributed by atoms with E-state index in [1.807, 2.05) is 0 Å². The topological polar surface area (TPSA) is 8.81 Å². The molecule has 1 rings (SSSR count). The Bertz CT molecular complexity index is 619. The molecule has 1 heterocycles. The summed E-state index contributed by atoms with van der Waals surface area (Å²) >= 11 is 0. The van der Waals surface area contributed by atoms with Gasteiger partial charge in [-0.3, -0.25) is 0 Å². The van der Waals surface area contributed by atoms with Crippen molar-refractivity contribution < 1.29 is 4.57 Å². The summed E-state index contributed by atoms with van der Waals surface area (Å²) < 4.78 is 5.25. The summed E-state index contributed by atoms with van der Waals surface area (Å²) in [6, 6.07) is 0. The van der Waals surface area contributed by atoms with E-state index >= 15 is 0 Å². The Morgan fingerprint density at radius 1 is 0.425 bits per heavy atom. The molecule has 236 valence electrons. The highest BCUT2D eigenvalue weighted by atomic mass is 15.1. The standard InChI is InChI=1S/C38H75N2/c1-4-7-10-13-16-18-19-20-21-22-23-24-27-30-33-38-39(34-31-28-25-15-12-9-6-3)36-37-40(38)35-32-29-26-17-14-11-8-5-2/h36-37H,4-35H2,1-3H3/q+1. The fraction of sp³-hybridized carbons (Fsp3) is 0.921. The van der Waals surface area contributed by atoms with Gasteiger partial charge in [-0.2, -0.15) is 0 Å². The van der Waals surface area contributed by atoms with Crippen molar-refractivity contribution in [2.24, 2.45) is 0 Å². The van der Waals surface area contributed by atoms with Gasteiger partial charge in [-0.05, 0) is 32.1 Å². The zero-order chi connectivity index (χ0) is 28.8. The number of hydrogen-bond donors (Lipinski definition) is 0. The molecular weight excluding hydrogens is 484 g/mol. The highest BCUT2D eigenvalue weighted by Crippen LogP contribution is 2.15. The minimum Gasteiger partial charge on any atom is -0.234 e. The van der Waals surface area contributed by atoms with Gasteiger partial charge in [0, 0.05) is 6.42 Å². The molecule has 0 saturated carbocycles. The maximum atomic E-state index is 2.63. The number of aryl methyl sites for hydroxylation is 2. The molecular formula is C38H75N2+. The van der Waals surface area contributed by atoms with Gasteiger partial charge in [0.05, 0.1) is 13.1 Å². The number of aromatic nitrogens is 2. The molecule has 0 aliphatic carbocycles. The van der Waals surface area contributed by atoms with Crippen molar-refractivity contribution in [2.75, 3.05) is 0 Å². The van der Waals surface area contributed by atoms with Crippen molar-refractivity contribution >= 4 is 0 Å². The highest BCUT2D eigenvalue weighted by Gasteiger charge is 2.16. The average molecular weight is 560 g/mol. The van der Waals surface area contributed by atoms with Crippen LogP contribution in [0.3, 0.4) is 0 Å². The lowest BCUT2D eigenvalue weighted by molar-refractivity contribution is -0.704. The minimum absolute atomic E-state index is 1.23. The largest absolute Gasteiger partial charge is 0.256 e. The van der Waals surface area contributed by atoms with E-state index in [0.29, 0.717) is 0 Å². The van der Waals surface area contributed by atoms with Gasteiger partial charge in [-0.1, -0.05) is 175 Å². The first-order chi connectivity index (χ1) is 19.8. The van der Waals surface area contributed by atoms with Gasteiger partial charge in [-0.25, -0.2) is 9.13 Å². The van der Waals surface area contributed by atoms with Crippen LogP contribution in [0.4, 0.5) is 0 Å². The zero-order valence-corrected chi connectivity index (χ0v) is 28.2. The molecule has 0 radical (unpaired) electrons. The zero-order valence-electron chi connectivity index (χ0n) is 28.2. The fourth-order valence-corrected chi connectivity index (χ4v) is 6.33. The van der Waals surface area contributed by atoms with E-state index in [1.165, 1.54) is 206 Å². The van der Waals surface area contributed by atoms with Crippen molar-refractivity contribution in [2.45, 2.75) is 226 Å². The van der Waals surface area contributed by atoms with Crippen molar-refractivity contribution in [3.63, 3.8) is 0 Å². The summed E-state index contributed by atoms with van der Waals surface area (Å²) in [6.07, 6.45) is 47.4. The lowest BCUT2D eigenvalue weighted by Crippen LogP contribution is -2.37. The smallest absolute Gasteiger partial charge is 0.234 e. The molecule has 0 unspecified atom stereocenters. The van der Waals surface area contributed by atoms with E-state index in [9.17, 15) is 0 Å². The Labute approximate surface area is 253 Å². The SMILES string of the molecule is CCCCCCCCCCCCCCCCc1n(CCCCCCCCCC)cc[n+]1CCCCCCCCC. The molecule has 1 aromatic rings. The number of imidazole rings is 1. The lowest BCUT2D eigenvalue weighted by atomic mass is 10.0. The molecule has 2 nitrogen and oxygen atoms in total. The van der Waals surface area contributed by atoms with Crippen LogP contribution in [-0.4, -0.2) is 4.57 Å². The maximum Gasteiger partial charge on any atom is 0.256 e. The van der Waals surface area contributed by atoms with E-state index in [0.717, 1.165) is 0 Å². The second-order valence-corrected chi connectivity index (χ2v) is 13.0. The van der Waals surface area contributed by atoms with Crippen LogP contribution in [0, 0.1) is 0 Å². The van der Waals surface area contributed by atoms with Gasteiger partial charge in [0.15, 0.2) is 0 Å². The predicted octanol–water partition coefficient (Wildman–Crippen LogP) is 12.7. The Hall–Kier alpha value is -0.790. The van der Waals surface area contributed by atoms with Crippen LogP contribution in [0.15, 0.2) is 12.4 Å². The normalized spacial score (nSPS) is 11.6. The summed E-state index contributed by atoms with van der Waals surface area (Å²) in [5, 5.41) is 0. The third kappa shape index (κ3) is 21.9. The molecule has 0 saturated heterocycles. The Morgan fingerprint density at radius 2 is 0.775 bits per heavy atom. The first-order valence-electron chi connectivity index (χ1n) is 18.9. The van der Waals surface area contributed by atoms with E-state index in [1.54, 1.807) is 5.82 Å². The summed E-state index contributed by atoms with van der Waals surface area (Å²) in [4.78, 5) is 0. The average Bonchev–Trinajstić information content (AvgIpc) is 3.35. The summed E-state index contributed by atoms with van der Waals surface area (Å²) in [5.41, 5.74) is 0. The molecule has 1 aromatic heterocycles. The van der Waals surface area contributed by atoms with Gasteiger partial charge >= 0.3 is 0 Å². The molecule has 0 fully saturated rings. The van der Waals surface area contributed by atoms with Crippen molar-refractivity contribution in [3.8, 4) is 0 Å². The molecule has 0 aliphatic heterocycles. The van der Waals surface area contributed by atoms with E-state index < -0.39 is 0 Å². The van der Waals surface area contributed by atoms with Crippen LogP contribution in [0.2, 0.25) is 0 Å². The third-order valence-corrected chi connectivity index (χ3v) is 9.10. The van der Waals surface area contributed by atoms with E-state index in [4.69, 9.17) is 0 Å². The predicted molar refractivity (Wildman–Crippen MR) is 179 cm³/mol. The minimum atomic E-state index is 1.23. The second-order valence-electron chi connectivity index (χ2n) is 13.0. The molecule has 0 atom stereocenters. The number of hydrogen-bond acceptors (Lipinski definition) is 0. The van der Waals surface area contributed by atoms with Crippen LogP contribution in [0.25, 0.3) is 0 Å². The first-order valence-corrected chi connectivity index (χ1v) is 18.9. The van der Waals surface area contributed by atoms with Crippen molar-refractivity contribution in [3.05, 3.63) is 18.2 Å². The lowest BCUT2D eigenvalue weighted by Gasteiger charge is -2.07. The molecule has 40 heavy (non-hydrogen) atoms. The molecule has 0 aromatic carbocycles. The van der Waals surface area contributed by atoms with Crippen molar-refractivity contribution in [1.29, 1.82) is 0 Å². The van der Waals surface area contributed by atoms with Crippen LogP contribution < -0.4 is 4.57 Å². The Balaban J connectivity index is 2.27. The van der Waals surface area contributed by atoms with Gasteiger partial charge in [-0.15, -0.1) is 0 Å². The number of nitrogens with zero attached hydrogens (tertiary/aromatic N) is 2. The van der Waals surface area contributed by atoms with E-state index in [2.05, 4.69) is 42.3 Å². The van der Waals surface area contributed by atoms with E-state index in [-0.39, 0.29) is 0 Å². The maximum absolute atomic E-state index is 2.63. The number of unbranched alkanes of at least 4 members (excludes halogenated alkanes) is 26. The number of rotatable bonds is 32.